The van der Waals surface area contributed by atoms with E-state index in [0.29, 0.717) is 27.9 Å². The summed E-state index contributed by atoms with van der Waals surface area (Å²) in [4.78, 5) is 100. The number of aliphatic hydroxyl groups excluding tert-OH is 2. The Kier molecular flexibility index (Phi) is 20.6. The number of aryl methyl sites for hydroxylation is 1. The van der Waals surface area contributed by atoms with Crippen LogP contribution < -0.4 is 25.4 Å². The third kappa shape index (κ3) is 14.2. The number of carbonyl (C=O) groups is 7. The van der Waals surface area contributed by atoms with E-state index in [-0.39, 0.29) is 70.2 Å². The van der Waals surface area contributed by atoms with Crippen LogP contribution in [0, 0.1) is 35.3 Å². The number of halogens is 5. The highest BCUT2D eigenvalue weighted by Gasteiger charge is 2.78. The molecule has 102 heavy (non-hydrogen) atoms. The number of alkyl halides is 3. The van der Waals surface area contributed by atoms with Crippen LogP contribution in [0.4, 0.5) is 27.6 Å². The minimum atomic E-state index is -4.40. The summed E-state index contributed by atoms with van der Waals surface area (Å²) in [6.07, 6.45) is -12.7. The molecule has 1 aliphatic heterocycles. The lowest BCUT2D eigenvalue weighted by atomic mass is 9.44. The first-order chi connectivity index (χ1) is 48.3. The SMILES string of the molecule is CC(=O)O[C@H]1C(=O)[C@@]2(C)[C@H]([C@H](OC(=O)c3ccccc3)[C@]3(O)C[C@H](OC(=O)[C@H](O)[C@@H](NC(=O)c4ccccc4)c4ccccc4)C(C)=C1C3(C)C)[C@]1(OC(C)=O)CO[C@@H]1C[C@@H]2O.COc1ccc(Oc2cc(NCCC(F)(F)F)c3ncc(-c4ccc(C(=O)NC5CC5)c(C)c4)n3n2)c(F)c1F. The van der Waals surface area contributed by atoms with Gasteiger partial charge in [-0.2, -0.15) is 22.0 Å². The molecular formula is C74H75F5N6O17. The molecule has 12 rings (SSSR count). The number of rotatable bonds is 19. The number of hydrogen-bond acceptors (Lipinski definition) is 20. The van der Waals surface area contributed by atoms with Gasteiger partial charge < -0.3 is 64.4 Å². The van der Waals surface area contributed by atoms with Crippen molar-refractivity contribution in [1.82, 2.24) is 25.2 Å². The molecule has 3 heterocycles. The number of imidazole rings is 1. The van der Waals surface area contributed by atoms with Gasteiger partial charge in [0.05, 0.1) is 66.8 Å². The Labute approximate surface area is 581 Å². The molecule has 538 valence electrons. The number of aliphatic hydroxyl groups is 3. The Morgan fingerprint density at radius 3 is 2.04 bits per heavy atom. The summed E-state index contributed by atoms with van der Waals surface area (Å²) in [7, 11) is 1.18. The predicted molar refractivity (Wildman–Crippen MR) is 353 cm³/mol. The van der Waals surface area contributed by atoms with E-state index in [1.54, 1.807) is 118 Å². The topological polar surface area (TPSA) is 311 Å². The van der Waals surface area contributed by atoms with E-state index in [1.807, 2.05) is 0 Å². The molecule has 0 spiro atoms. The summed E-state index contributed by atoms with van der Waals surface area (Å²) in [6.45, 7) is 9.28. The van der Waals surface area contributed by atoms with Crippen molar-refractivity contribution in [2.24, 2.45) is 16.7 Å². The molecule has 4 aliphatic carbocycles. The average Bonchev–Trinajstić information content (AvgIpc) is 0.789. The van der Waals surface area contributed by atoms with Gasteiger partial charge in [0.2, 0.25) is 17.5 Å². The molecule has 11 atom stereocenters. The third-order valence-electron chi connectivity index (χ3n) is 19.8. The zero-order chi connectivity index (χ0) is 73.5. The highest BCUT2D eigenvalue weighted by molar-refractivity contribution is 5.98. The second-order valence-corrected chi connectivity index (χ2v) is 26.7. The number of carbonyl (C=O) groups excluding carboxylic acids is 7. The second kappa shape index (κ2) is 28.7. The highest BCUT2D eigenvalue weighted by atomic mass is 19.4. The molecule has 4 fully saturated rings. The van der Waals surface area contributed by atoms with Gasteiger partial charge in [0.25, 0.3) is 11.8 Å². The van der Waals surface area contributed by atoms with E-state index >= 15 is 4.79 Å². The molecule has 0 radical (unpaired) electrons. The molecule has 28 heteroatoms. The molecule has 7 aromatic rings. The number of benzene rings is 5. The Morgan fingerprint density at radius 1 is 0.804 bits per heavy atom. The maximum atomic E-state index is 15.5. The zero-order valence-electron chi connectivity index (χ0n) is 56.6. The number of ether oxygens (including phenoxy) is 7. The number of aromatic nitrogens is 3. The number of anilines is 1. The first-order valence-corrected chi connectivity index (χ1v) is 32.8. The van der Waals surface area contributed by atoms with Crippen LogP contribution in [0.15, 0.2) is 145 Å². The molecule has 6 N–H and O–H groups in total. The first-order valence-electron chi connectivity index (χ1n) is 32.8. The molecule has 5 aromatic carbocycles. The van der Waals surface area contributed by atoms with Crippen molar-refractivity contribution in [3.05, 3.63) is 184 Å². The molecular weight excluding hydrogens is 1340 g/mol. The van der Waals surface area contributed by atoms with Gasteiger partial charge in [-0.05, 0) is 104 Å². The number of nitrogens with one attached hydrogen (secondary N) is 3. The largest absolute Gasteiger partial charge is 0.494 e. The van der Waals surface area contributed by atoms with Crippen molar-refractivity contribution in [2.45, 2.75) is 147 Å². The first kappa shape index (κ1) is 73.1. The van der Waals surface area contributed by atoms with Crippen LogP contribution >= 0.6 is 0 Å². The van der Waals surface area contributed by atoms with Gasteiger partial charge in [0.1, 0.15) is 23.9 Å². The molecule has 2 amide bonds. The van der Waals surface area contributed by atoms with Gasteiger partial charge in [0.15, 0.2) is 40.7 Å². The fraction of sp³-hybridized carbons (Fsp3) is 0.392. The maximum Gasteiger partial charge on any atom is 0.390 e. The summed E-state index contributed by atoms with van der Waals surface area (Å²) in [6, 6.07) is 31.8. The number of Topliss-reactive ketones (excluding diaryl/α,β-unsaturated/α-hetero) is 1. The third-order valence-corrected chi connectivity index (χ3v) is 19.8. The number of methoxy groups -OCH3 is 1. The van der Waals surface area contributed by atoms with Gasteiger partial charge in [-0.1, -0.05) is 86.6 Å². The Morgan fingerprint density at radius 2 is 1.44 bits per heavy atom. The number of amides is 2. The lowest BCUT2D eigenvalue weighted by Crippen LogP contribution is -2.82. The molecule has 2 bridgehead atoms. The van der Waals surface area contributed by atoms with Gasteiger partial charge in [-0.3, -0.25) is 24.0 Å². The van der Waals surface area contributed by atoms with Gasteiger partial charge in [-0.15, -0.1) is 5.10 Å². The fourth-order valence-corrected chi connectivity index (χ4v) is 14.3. The lowest BCUT2D eigenvalue weighted by Gasteiger charge is -2.67. The molecule has 23 nitrogen and oxygen atoms in total. The maximum absolute atomic E-state index is 15.5. The van der Waals surface area contributed by atoms with Crippen LogP contribution in [0.3, 0.4) is 0 Å². The van der Waals surface area contributed by atoms with Crippen LogP contribution in [0.25, 0.3) is 16.9 Å². The van der Waals surface area contributed by atoms with E-state index in [1.165, 1.54) is 55.9 Å². The smallest absolute Gasteiger partial charge is 0.390 e. The number of ketones is 1. The van der Waals surface area contributed by atoms with Crippen molar-refractivity contribution in [2.75, 3.05) is 25.6 Å². The average molecular weight is 1420 g/mol. The van der Waals surface area contributed by atoms with Crippen LogP contribution in [-0.2, 0) is 42.9 Å². The van der Waals surface area contributed by atoms with Crippen LogP contribution in [0.2, 0.25) is 0 Å². The Balaban J connectivity index is 0.000000225. The zero-order valence-corrected chi connectivity index (χ0v) is 56.6. The van der Waals surface area contributed by atoms with Gasteiger partial charge in [-0.25, -0.2) is 19.1 Å². The monoisotopic (exact) mass is 1410 g/mol. The lowest BCUT2D eigenvalue weighted by molar-refractivity contribution is -0.346. The van der Waals surface area contributed by atoms with E-state index < -0.39 is 149 Å². The standard InChI is InChI=1S/C47H51NO14.C27H24F5N5O3/c1-25-31(60-43(56)36(52)35(28-16-10-7-11-17-28)48-41(54)29-18-12-8-13-19-29)23-47(57)40(61-42(55)30-20-14-9-15-21-30)38-45(6,32(51)22-33-46(38,24-58-33)62-27(3)50)39(53)37(59-26(2)49)34(25)44(47,4)5;1-14-11-15(3-6-17(14)26(38)35-16-4-5-16)19-13-34-25-18(33-10-9-27(30,31)32)12-22(36-37(19)25)40-21-8-7-20(39-2)23(28)24(21)29/h7-21,31-33,35-38,40,51-52,57H,22-24H2,1-6H3,(H,48,54);3,6-8,11-13,16,33H,4-5,9-10H2,1-2H3,(H,35,38)/t31-,32-,33+,35-,36+,37+,38-,40-,45+,46-,47+;/m0./s1. The van der Waals surface area contributed by atoms with Crippen molar-refractivity contribution in [3.63, 3.8) is 0 Å². The number of fused-ring (bicyclic) bond motifs is 6. The summed E-state index contributed by atoms with van der Waals surface area (Å²) in [5.41, 5.74) is -4.47. The second-order valence-electron chi connectivity index (χ2n) is 26.7. The minimum Gasteiger partial charge on any atom is -0.494 e. The summed E-state index contributed by atoms with van der Waals surface area (Å²) < 4.78 is 109. The molecule has 3 saturated carbocycles. The molecule has 5 aliphatic rings. The molecule has 1 saturated heterocycles. The Hall–Kier alpha value is -10.2. The number of nitrogens with zero attached hydrogens (tertiary/aromatic N) is 3. The van der Waals surface area contributed by atoms with Crippen molar-refractivity contribution in [1.29, 1.82) is 0 Å². The normalized spacial score (nSPS) is 24.6. The van der Waals surface area contributed by atoms with Gasteiger partial charge >= 0.3 is 30.1 Å². The molecule has 2 aromatic heterocycles. The van der Waals surface area contributed by atoms with Crippen molar-refractivity contribution in [3.8, 4) is 28.6 Å². The minimum absolute atomic E-state index is 0.00289. The predicted octanol–water partition coefficient (Wildman–Crippen LogP) is 9.78. The summed E-state index contributed by atoms with van der Waals surface area (Å²) in [5, 5.41) is 50.2. The van der Waals surface area contributed by atoms with Crippen molar-refractivity contribution >= 4 is 52.8 Å². The van der Waals surface area contributed by atoms with E-state index in [0.717, 1.165) is 32.8 Å². The number of esters is 4. The quantitative estimate of drug-likeness (QED) is 0.0190. The van der Waals surface area contributed by atoms with Gasteiger partial charge in [0, 0.05) is 67.4 Å². The van der Waals surface area contributed by atoms with E-state index in [9.17, 15) is 66.0 Å². The number of hydrogen-bond donors (Lipinski definition) is 6. The van der Waals surface area contributed by atoms with Crippen molar-refractivity contribution < 1.29 is 104 Å². The fourth-order valence-electron chi connectivity index (χ4n) is 14.3. The van der Waals surface area contributed by atoms with Crippen LogP contribution in [0.5, 0.6) is 17.4 Å². The van der Waals surface area contributed by atoms with Crippen LogP contribution in [0.1, 0.15) is 122 Å². The molecule has 0 unspecified atom stereocenters. The Bertz CT molecular complexity index is 4420. The van der Waals surface area contributed by atoms with E-state index in [2.05, 4.69) is 26.0 Å². The highest BCUT2D eigenvalue weighted by Crippen LogP contribution is 2.64. The van der Waals surface area contributed by atoms with Crippen LogP contribution in [-0.4, -0.2) is 152 Å². The summed E-state index contributed by atoms with van der Waals surface area (Å²) >= 11 is 0. The van der Waals surface area contributed by atoms with E-state index in [4.69, 9.17) is 33.2 Å². The summed E-state index contributed by atoms with van der Waals surface area (Å²) in [5.74, 6) is -10.7.